The van der Waals surface area contributed by atoms with E-state index in [9.17, 15) is 0 Å². The molecule has 0 bridgehead atoms. The molecule has 0 aliphatic rings. The van der Waals surface area contributed by atoms with Crippen LogP contribution in [0.4, 0.5) is 0 Å². The van der Waals surface area contributed by atoms with Gasteiger partial charge in [-0.1, -0.05) is 51.1 Å². The molecule has 1 aromatic heterocycles. The largest absolute Gasteiger partial charge is 0.316 e. The van der Waals surface area contributed by atoms with Crippen LogP contribution in [0.5, 0.6) is 0 Å². The van der Waals surface area contributed by atoms with E-state index in [1.54, 1.807) is 6.33 Å². The van der Waals surface area contributed by atoms with Gasteiger partial charge in [0.15, 0.2) is 0 Å². The van der Waals surface area contributed by atoms with Gasteiger partial charge >= 0.3 is 0 Å². The maximum atomic E-state index is 4.44. The molecule has 2 rings (SSSR count). The van der Waals surface area contributed by atoms with Crippen LogP contribution in [0.15, 0.2) is 36.7 Å². The summed E-state index contributed by atoms with van der Waals surface area (Å²) < 4.78 is 2.03. The molecule has 0 saturated heterocycles. The van der Waals surface area contributed by atoms with Crippen LogP contribution in [0.1, 0.15) is 38.1 Å². The van der Waals surface area contributed by atoms with Crippen LogP contribution in [0.25, 0.3) is 0 Å². The second-order valence-electron chi connectivity index (χ2n) is 6.05. The van der Waals surface area contributed by atoms with Gasteiger partial charge in [0.1, 0.15) is 12.2 Å². The van der Waals surface area contributed by atoms with Crippen LogP contribution in [-0.2, 0) is 13.0 Å². The third kappa shape index (κ3) is 4.14. The second-order valence-corrected chi connectivity index (χ2v) is 6.05. The van der Waals surface area contributed by atoms with Crippen LogP contribution >= 0.6 is 0 Å². The van der Waals surface area contributed by atoms with Crippen LogP contribution in [0.3, 0.4) is 0 Å². The standard InChI is InChI=1S/C17H26N4/c1-13(2)11-21-17(19-12-20-21)10-16(18-4)14(3)15-8-6-5-7-9-15/h5-9,12-14,16,18H,10-11H2,1-4H3. The molecule has 1 N–H and O–H groups in total. The van der Waals surface area contributed by atoms with E-state index < -0.39 is 0 Å². The minimum Gasteiger partial charge on any atom is -0.316 e. The molecule has 0 aliphatic heterocycles. The first-order valence-corrected chi connectivity index (χ1v) is 7.70. The topological polar surface area (TPSA) is 42.7 Å². The van der Waals surface area contributed by atoms with Gasteiger partial charge in [-0.15, -0.1) is 0 Å². The summed E-state index contributed by atoms with van der Waals surface area (Å²) in [6.45, 7) is 7.59. The number of nitrogens with one attached hydrogen (secondary N) is 1. The minimum atomic E-state index is 0.350. The third-order valence-electron chi connectivity index (χ3n) is 3.94. The van der Waals surface area contributed by atoms with Crippen LogP contribution < -0.4 is 5.32 Å². The van der Waals surface area contributed by atoms with Crippen molar-refractivity contribution >= 4 is 0 Å². The highest BCUT2D eigenvalue weighted by atomic mass is 15.3. The normalized spacial score (nSPS) is 14.3. The number of hydrogen-bond acceptors (Lipinski definition) is 3. The van der Waals surface area contributed by atoms with Crippen molar-refractivity contribution in [2.24, 2.45) is 5.92 Å². The molecule has 1 heterocycles. The Bertz CT molecular complexity index is 533. The maximum Gasteiger partial charge on any atom is 0.138 e. The average molecular weight is 286 g/mol. The van der Waals surface area contributed by atoms with Gasteiger partial charge in [0, 0.05) is 19.0 Å². The van der Waals surface area contributed by atoms with Gasteiger partial charge < -0.3 is 5.32 Å². The fraction of sp³-hybridized carbons (Fsp3) is 0.529. The van der Waals surface area contributed by atoms with Gasteiger partial charge in [0.2, 0.25) is 0 Å². The van der Waals surface area contributed by atoms with Crippen molar-refractivity contribution in [3.63, 3.8) is 0 Å². The van der Waals surface area contributed by atoms with Crippen molar-refractivity contribution in [1.82, 2.24) is 20.1 Å². The fourth-order valence-electron chi connectivity index (χ4n) is 2.66. The summed E-state index contributed by atoms with van der Waals surface area (Å²) in [5.41, 5.74) is 1.35. The Morgan fingerprint density at radius 2 is 1.86 bits per heavy atom. The molecule has 21 heavy (non-hydrogen) atoms. The summed E-state index contributed by atoms with van der Waals surface area (Å²) in [7, 11) is 2.02. The van der Waals surface area contributed by atoms with Crippen molar-refractivity contribution in [2.75, 3.05) is 7.05 Å². The van der Waals surface area contributed by atoms with Gasteiger partial charge in [-0.05, 0) is 24.4 Å². The number of rotatable bonds is 7. The monoisotopic (exact) mass is 286 g/mol. The lowest BCUT2D eigenvalue weighted by atomic mass is 9.91. The van der Waals surface area contributed by atoms with E-state index >= 15 is 0 Å². The number of benzene rings is 1. The van der Waals surface area contributed by atoms with Gasteiger partial charge in [-0.3, -0.25) is 0 Å². The molecule has 114 valence electrons. The summed E-state index contributed by atoms with van der Waals surface area (Å²) in [5, 5.41) is 7.79. The highest BCUT2D eigenvalue weighted by Gasteiger charge is 2.20. The summed E-state index contributed by atoms with van der Waals surface area (Å²) in [6, 6.07) is 11.0. The first-order valence-electron chi connectivity index (χ1n) is 7.70. The lowest BCUT2D eigenvalue weighted by Crippen LogP contribution is -2.34. The van der Waals surface area contributed by atoms with E-state index in [2.05, 4.69) is 66.5 Å². The zero-order valence-electron chi connectivity index (χ0n) is 13.5. The Kier molecular flexibility index (Phi) is 5.51. The lowest BCUT2D eigenvalue weighted by molar-refractivity contribution is 0.428. The summed E-state index contributed by atoms with van der Waals surface area (Å²) in [6.07, 6.45) is 2.55. The van der Waals surface area contributed by atoms with Crippen molar-refractivity contribution < 1.29 is 0 Å². The van der Waals surface area contributed by atoms with E-state index in [-0.39, 0.29) is 0 Å². The maximum absolute atomic E-state index is 4.44. The third-order valence-corrected chi connectivity index (χ3v) is 3.94. The van der Waals surface area contributed by atoms with E-state index in [0.717, 1.165) is 18.8 Å². The molecular weight excluding hydrogens is 260 g/mol. The molecule has 0 fully saturated rings. The molecule has 2 unspecified atom stereocenters. The van der Waals surface area contributed by atoms with Gasteiger partial charge in [-0.25, -0.2) is 9.67 Å². The molecule has 0 aliphatic carbocycles. The van der Waals surface area contributed by atoms with Crippen molar-refractivity contribution in [3.05, 3.63) is 48.0 Å². The molecule has 0 radical (unpaired) electrons. The molecule has 0 amide bonds. The molecule has 0 spiro atoms. The van der Waals surface area contributed by atoms with E-state index in [0.29, 0.717) is 17.9 Å². The van der Waals surface area contributed by atoms with Crippen molar-refractivity contribution in [2.45, 2.75) is 45.7 Å². The molecule has 1 aromatic carbocycles. The zero-order chi connectivity index (χ0) is 15.2. The first kappa shape index (κ1) is 15.7. The van der Waals surface area contributed by atoms with Crippen molar-refractivity contribution in [1.29, 1.82) is 0 Å². The number of hydrogen-bond donors (Lipinski definition) is 1. The second kappa shape index (κ2) is 7.36. The first-order chi connectivity index (χ1) is 10.1. The molecule has 2 aromatic rings. The van der Waals surface area contributed by atoms with Crippen LogP contribution in [0, 0.1) is 5.92 Å². The minimum absolute atomic E-state index is 0.350. The van der Waals surface area contributed by atoms with Gasteiger partial charge in [0.25, 0.3) is 0 Å². The molecule has 0 saturated carbocycles. The summed E-state index contributed by atoms with van der Waals surface area (Å²) >= 11 is 0. The fourth-order valence-corrected chi connectivity index (χ4v) is 2.66. The highest BCUT2D eigenvalue weighted by Crippen LogP contribution is 2.21. The van der Waals surface area contributed by atoms with Crippen LogP contribution in [-0.4, -0.2) is 27.9 Å². The predicted octanol–water partition coefficient (Wildman–Crippen LogP) is 2.87. The lowest BCUT2D eigenvalue weighted by Gasteiger charge is -2.24. The smallest absolute Gasteiger partial charge is 0.138 e. The molecular formula is C17H26N4. The highest BCUT2D eigenvalue weighted by molar-refractivity contribution is 5.21. The van der Waals surface area contributed by atoms with E-state index in [1.165, 1.54) is 5.56 Å². The quantitative estimate of drug-likeness (QED) is 0.851. The Labute approximate surface area is 127 Å². The molecule has 2 atom stereocenters. The van der Waals surface area contributed by atoms with Crippen molar-refractivity contribution in [3.8, 4) is 0 Å². The average Bonchev–Trinajstić information content (AvgIpc) is 2.91. The predicted molar refractivity (Wildman–Crippen MR) is 86.3 cm³/mol. The number of aromatic nitrogens is 3. The van der Waals surface area contributed by atoms with E-state index in [1.807, 2.05) is 11.7 Å². The Balaban J connectivity index is 2.11. The zero-order valence-corrected chi connectivity index (χ0v) is 13.5. The summed E-state index contributed by atoms with van der Waals surface area (Å²) in [4.78, 5) is 4.44. The molecule has 4 nitrogen and oxygen atoms in total. The van der Waals surface area contributed by atoms with Crippen LogP contribution in [0.2, 0.25) is 0 Å². The SMILES string of the molecule is CNC(Cc1ncnn1CC(C)C)C(C)c1ccccc1. The number of nitrogens with zero attached hydrogens (tertiary/aromatic N) is 3. The molecule has 4 heteroatoms. The van der Waals surface area contributed by atoms with E-state index in [4.69, 9.17) is 0 Å². The van der Waals surface area contributed by atoms with Gasteiger partial charge in [-0.2, -0.15) is 5.10 Å². The Morgan fingerprint density at radius 3 is 2.48 bits per heavy atom. The summed E-state index contributed by atoms with van der Waals surface area (Å²) in [5.74, 6) is 2.07. The Morgan fingerprint density at radius 1 is 1.14 bits per heavy atom. The van der Waals surface area contributed by atoms with Gasteiger partial charge in [0.05, 0.1) is 0 Å². The Hall–Kier alpha value is -1.68. The number of likely N-dealkylation sites (N-methyl/N-ethyl adjacent to an activating group) is 1.